The quantitative estimate of drug-likeness (QED) is 0.387. The van der Waals surface area contributed by atoms with Gasteiger partial charge in [0.1, 0.15) is 5.82 Å². The normalized spacial score (nSPS) is 15.5. The highest BCUT2D eigenvalue weighted by Gasteiger charge is 2.34. The minimum absolute atomic E-state index is 0.0530. The lowest BCUT2D eigenvalue weighted by molar-refractivity contribution is -0.122. The molecule has 2 amide bonds. The number of benzene rings is 2. The number of rotatable bonds is 4. The molecule has 4 rings (SSSR count). The molecular formula is C22H14BrFN2O2S. The molecule has 2 aromatic carbocycles. The van der Waals surface area contributed by atoms with Gasteiger partial charge >= 0.3 is 0 Å². The van der Waals surface area contributed by atoms with Gasteiger partial charge in [-0.2, -0.15) is 0 Å². The van der Waals surface area contributed by atoms with Crippen molar-refractivity contribution in [2.75, 3.05) is 6.54 Å². The van der Waals surface area contributed by atoms with Crippen molar-refractivity contribution in [3.8, 4) is 12.3 Å². The van der Waals surface area contributed by atoms with Crippen LogP contribution in [-0.2, 0) is 11.3 Å². The Morgan fingerprint density at radius 2 is 2.00 bits per heavy atom. The van der Waals surface area contributed by atoms with E-state index < -0.39 is 5.91 Å². The molecule has 0 unspecified atom stereocenters. The van der Waals surface area contributed by atoms with Gasteiger partial charge < -0.3 is 4.57 Å². The summed E-state index contributed by atoms with van der Waals surface area (Å²) >= 11 is 4.34. The Balaban J connectivity index is 1.79. The van der Waals surface area contributed by atoms with Crippen molar-refractivity contribution in [2.45, 2.75) is 6.54 Å². The van der Waals surface area contributed by atoms with Crippen molar-refractivity contribution in [2.24, 2.45) is 0 Å². The van der Waals surface area contributed by atoms with Crippen LogP contribution in [0.15, 0.2) is 58.0 Å². The van der Waals surface area contributed by atoms with Crippen molar-refractivity contribution in [1.29, 1.82) is 0 Å². The maximum atomic E-state index is 14.1. The third-order valence-electron chi connectivity index (χ3n) is 4.58. The number of imide groups is 1. The molecule has 0 radical (unpaired) electrons. The summed E-state index contributed by atoms with van der Waals surface area (Å²) < 4.78 is 17.0. The highest BCUT2D eigenvalue weighted by atomic mass is 79.9. The summed E-state index contributed by atoms with van der Waals surface area (Å²) in [6.45, 7) is 0.291. The SMILES string of the molecule is C#CCN1C(=O)S/C(=C\c2cn(Cc3ccccc3F)c3ccc(Br)cc23)C1=O. The molecule has 0 saturated carbocycles. The van der Waals surface area contributed by atoms with Crippen LogP contribution in [0.5, 0.6) is 0 Å². The summed E-state index contributed by atoms with van der Waals surface area (Å²) in [5.74, 6) is 1.65. The lowest BCUT2D eigenvalue weighted by atomic mass is 10.1. The first-order chi connectivity index (χ1) is 14.0. The van der Waals surface area contributed by atoms with Crippen LogP contribution in [-0.4, -0.2) is 27.2 Å². The number of nitrogens with zero attached hydrogens (tertiary/aromatic N) is 2. The van der Waals surface area contributed by atoms with Gasteiger partial charge in [-0.25, -0.2) is 4.39 Å². The number of thioether (sulfide) groups is 1. The van der Waals surface area contributed by atoms with Gasteiger partial charge in [-0.05, 0) is 42.1 Å². The molecule has 1 aromatic heterocycles. The molecule has 3 aromatic rings. The maximum Gasteiger partial charge on any atom is 0.294 e. The number of fused-ring (bicyclic) bond motifs is 1. The van der Waals surface area contributed by atoms with E-state index in [1.54, 1.807) is 24.3 Å². The van der Waals surface area contributed by atoms with E-state index in [0.29, 0.717) is 17.0 Å². The van der Waals surface area contributed by atoms with E-state index in [4.69, 9.17) is 6.42 Å². The Kier molecular flexibility index (Phi) is 5.31. The Morgan fingerprint density at radius 1 is 1.21 bits per heavy atom. The van der Waals surface area contributed by atoms with E-state index in [1.165, 1.54) is 6.07 Å². The number of carbonyl (C=O) groups excluding carboxylic acids is 2. The largest absolute Gasteiger partial charge is 0.342 e. The Morgan fingerprint density at radius 3 is 2.76 bits per heavy atom. The predicted molar refractivity (Wildman–Crippen MR) is 117 cm³/mol. The zero-order chi connectivity index (χ0) is 20.5. The van der Waals surface area contributed by atoms with Gasteiger partial charge in [0.2, 0.25) is 0 Å². The first-order valence-corrected chi connectivity index (χ1v) is 10.3. The third kappa shape index (κ3) is 3.74. The van der Waals surface area contributed by atoms with Gasteiger partial charge in [0.05, 0.1) is 18.0 Å². The molecule has 1 aliphatic rings. The number of halogens is 2. The topological polar surface area (TPSA) is 42.3 Å². The van der Waals surface area contributed by atoms with Crippen LogP contribution in [0.4, 0.5) is 9.18 Å². The molecule has 1 aliphatic heterocycles. The number of aromatic nitrogens is 1. The summed E-state index contributed by atoms with van der Waals surface area (Å²) in [6.07, 6.45) is 8.80. The van der Waals surface area contributed by atoms with Crippen LogP contribution in [0.3, 0.4) is 0 Å². The molecule has 2 heterocycles. The third-order valence-corrected chi connectivity index (χ3v) is 5.98. The van der Waals surface area contributed by atoms with Gasteiger partial charge in [-0.3, -0.25) is 14.5 Å². The van der Waals surface area contributed by atoms with E-state index in [2.05, 4.69) is 21.9 Å². The molecule has 4 nitrogen and oxygen atoms in total. The first-order valence-electron chi connectivity index (χ1n) is 8.68. The van der Waals surface area contributed by atoms with E-state index in [0.717, 1.165) is 37.6 Å². The standard InChI is InChI=1S/C22H14BrFN2O2S/c1-2-9-26-21(27)20(29-22(26)28)10-15-13-25(12-14-5-3-4-6-18(14)24)19-8-7-16(23)11-17(15)19/h1,3-8,10-11,13H,9,12H2/b20-10-. The fraction of sp³-hybridized carbons (Fsp3) is 0.0909. The van der Waals surface area contributed by atoms with E-state index in [9.17, 15) is 14.0 Å². The van der Waals surface area contributed by atoms with Crippen LogP contribution in [0, 0.1) is 18.2 Å². The molecule has 144 valence electrons. The monoisotopic (exact) mass is 468 g/mol. The second-order valence-corrected chi connectivity index (χ2v) is 8.35. The van der Waals surface area contributed by atoms with Crippen LogP contribution >= 0.6 is 27.7 Å². The van der Waals surface area contributed by atoms with Gasteiger partial charge in [0.15, 0.2) is 0 Å². The molecule has 29 heavy (non-hydrogen) atoms. The highest BCUT2D eigenvalue weighted by Crippen LogP contribution is 2.34. The van der Waals surface area contributed by atoms with Crippen molar-refractivity contribution in [3.05, 3.63) is 75.0 Å². The first kappa shape index (κ1) is 19.5. The molecular weight excluding hydrogens is 455 g/mol. The molecule has 0 spiro atoms. The molecule has 0 bridgehead atoms. The lowest BCUT2D eigenvalue weighted by Crippen LogP contribution is -2.28. The van der Waals surface area contributed by atoms with Gasteiger partial charge in [0, 0.05) is 32.7 Å². The van der Waals surface area contributed by atoms with Crippen LogP contribution in [0.1, 0.15) is 11.1 Å². The van der Waals surface area contributed by atoms with E-state index >= 15 is 0 Å². The molecule has 7 heteroatoms. The smallest absolute Gasteiger partial charge is 0.294 e. The van der Waals surface area contributed by atoms with E-state index in [-0.39, 0.29) is 17.6 Å². The molecule has 0 N–H and O–H groups in total. The maximum absolute atomic E-state index is 14.1. The molecule has 0 aliphatic carbocycles. The van der Waals surface area contributed by atoms with Gasteiger partial charge in [-0.15, -0.1) is 6.42 Å². The average Bonchev–Trinajstić information content (AvgIpc) is 3.16. The summed E-state index contributed by atoms with van der Waals surface area (Å²) in [4.78, 5) is 25.9. The number of carbonyl (C=O) groups is 2. The van der Waals surface area contributed by atoms with Crippen LogP contribution in [0.25, 0.3) is 17.0 Å². The molecule has 1 fully saturated rings. The fourth-order valence-corrected chi connectivity index (χ4v) is 4.41. The summed E-state index contributed by atoms with van der Waals surface area (Å²) in [7, 11) is 0. The minimum atomic E-state index is -0.400. The number of terminal acetylenes is 1. The summed E-state index contributed by atoms with van der Waals surface area (Å²) in [5, 5.41) is 0.509. The number of amides is 2. The van der Waals surface area contributed by atoms with Crippen molar-refractivity contribution >= 4 is 55.8 Å². The predicted octanol–water partition coefficient (Wildman–Crippen LogP) is 5.26. The van der Waals surface area contributed by atoms with Crippen LogP contribution in [0.2, 0.25) is 0 Å². The van der Waals surface area contributed by atoms with E-state index in [1.807, 2.05) is 29.0 Å². The fourth-order valence-electron chi connectivity index (χ4n) is 3.22. The van der Waals surface area contributed by atoms with Gasteiger partial charge in [-0.1, -0.05) is 40.0 Å². The van der Waals surface area contributed by atoms with Crippen molar-refractivity contribution in [1.82, 2.24) is 9.47 Å². The zero-order valence-corrected chi connectivity index (χ0v) is 17.5. The second kappa shape index (κ2) is 7.90. The highest BCUT2D eigenvalue weighted by molar-refractivity contribution is 9.10. The Bertz CT molecular complexity index is 1230. The number of hydrogen-bond donors (Lipinski definition) is 0. The second-order valence-electron chi connectivity index (χ2n) is 6.44. The Hall–Kier alpha value is -2.82. The van der Waals surface area contributed by atoms with Crippen molar-refractivity contribution < 1.29 is 14.0 Å². The van der Waals surface area contributed by atoms with Crippen molar-refractivity contribution in [3.63, 3.8) is 0 Å². The summed E-state index contributed by atoms with van der Waals surface area (Å²) in [5.41, 5.74) is 2.22. The number of hydrogen-bond acceptors (Lipinski definition) is 3. The minimum Gasteiger partial charge on any atom is -0.342 e. The summed E-state index contributed by atoms with van der Waals surface area (Å²) in [6, 6.07) is 12.4. The Labute approximate surface area is 179 Å². The van der Waals surface area contributed by atoms with Crippen LogP contribution < -0.4 is 0 Å². The zero-order valence-electron chi connectivity index (χ0n) is 15.1. The molecule has 0 atom stereocenters. The van der Waals surface area contributed by atoms with Gasteiger partial charge in [0.25, 0.3) is 11.1 Å². The average molecular weight is 469 g/mol. The molecule has 1 saturated heterocycles. The lowest BCUT2D eigenvalue weighted by Gasteiger charge is -2.06.